The second-order valence-corrected chi connectivity index (χ2v) is 6.27. The van der Waals surface area contributed by atoms with Crippen LogP contribution < -0.4 is 5.32 Å². The fourth-order valence-electron chi connectivity index (χ4n) is 1.49. The minimum atomic E-state index is -4.73. The van der Waals surface area contributed by atoms with Crippen molar-refractivity contribution in [1.29, 1.82) is 0 Å². The Balaban J connectivity index is 3.19. The maximum atomic E-state index is 12.4. The molecule has 1 heterocycles. The molecule has 1 aromatic heterocycles. The van der Waals surface area contributed by atoms with Crippen molar-refractivity contribution in [1.82, 2.24) is 9.29 Å². The Hall–Kier alpha value is -1.10. The first-order valence-corrected chi connectivity index (χ1v) is 7.44. The predicted molar refractivity (Wildman–Crippen MR) is 70.7 cm³/mol. The van der Waals surface area contributed by atoms with Crippen LogP contribution in [-0.4, -0.2) is 55.7 Å². The SMILES string of the molecule is CNc1ncc(S(=O)(=O)N(CCO)CC(F)(F)F)cc1Cl. The molecule has 0 aromatic carbocycles. The quantitative estimate of drug-likeness (QED) is 0.811. The summed E-state index contributed by atoms with van der Waals surface area (Å²) >= 11 is 5.77. The van der Waals surface area contributed by atoms with Crippen LogP contribution >= 0.6 is 11.6 Å². The van der Waals surface area contributed by atoms with E-state index in [9.17, 15) is 21.6 Å². The number of nitrogens with zero attached hydrogens (tertiary/aromatic N) is 2. The van der Waals surface area contributed by atoms with Crippen molar-refractivity contribution in [2.75, 3.05) is 32.1 Å². The highest BCUT2D eigenvalue weighted by Gasteiger charge is 2.37. The van der Waals surface area contributed by atoms with Gasteiger partial charge in [0.2, 0.25) is 10.0 Å². The first kappa shape index (κ1) is 18.0. The van der Waals surface area contributed by atoms with E-state index in [1.54, 1.807) is 0 Å². The predicted octanol–water partition coefficient (Wildman–Crippen LogP) is 1.32. The third-order valence-electron chi connectivity index (χ3n) is 2.40. The second kappa shape index (κ2) is 6.77. The van der Waals surface area contributed by atoms with Gasteiger partial charge in [0.25, 0.3) is 0 Å². The van der Waals surface area contributed by atoms with Gasteiger partial charge in [-0.05, 0) is 6.07 Å². The van der Waals surface area contributed by atoms with Crippen molar-refractivity contribution in [2.45, 2.75) is 11.1 Å². The lowest BCUT2D eigenvalue weighted by molar-refractivity contribution is -0.136. The van der Waals surface area contributed by atoms with E-state index in [4.69, 9.17) is 16.7 Å². The molecule has 0 atom stereocenters. The molecule has 2 N–H and O–H groups in total. The number of anilines is 1. The molecule has 0 spiro atoms. The van der Waals surface area contributed by atoms with E-state index in [-0.39, 0.29) is 15.1 Å². The van der Waals surface area contributed by atoms with E-state index in [1.807, 2.05) is 0 Å². The molecule has 21 heavy (non-hydrogen) atoms. The third kappa shape index (κ3) is 4.70. The average molecular weight is 348 g/mol. The topological polar surface area (TPSA) is 82.5 Å². The molecule has 1 rings (SSSR count). The molecule has 0 aliphatic rings. The van der Waals surface area contributed by atoms with Gasteiger partial charge in [-0.15, -0.1) is 0 Å². The molecule has 6 nitrogen and oxygen atoms in total. The van der Waals surface area contributed by atoms with Gasteiger partial charge in [0.15, 0.2) is 0 Å². The molecule has 0 saturated carbocycles. The summed E-state index contributed by atoms with van der Waals surface area (Å²) in [4.78, 5) is 3.23. The van der Waals surface area contributed by atoms with Gasteiger partial charge in [0.05, 0.1) is 11.6 Å². The van der Waals surface area contributed by atoms with E-state index in [2.05, 4.69) is 10.3 Å². The zero-order chi connectivity index (χ0) is 16.3. The van der Waals surface area contributed by atoms with E-state index < -0.39 is 40.8 Å². The highest BCUT2D eigenvalue weighted by Crippen LogP contribution is 2.26. The number of nitrogens with one attached hydrogen (secondary N) is 1. The average Bonchev–Trinajstić information content (AvgIpc) is 2.36. The fraction of sp³-hybridized carbons (Fsp3) is 0.500. The Labute approximate surface area is 124 Å². The minimum absolute atomic E-state index is 0.0467. The van der Waals surface area contributed by atoms with E-state index in [1.165, 1.54) is 7.05 Å². The Morgan fingerprint density at radius 3 is 2.52 bits per heavy atom. The number of halogens is 4. The van der Waals surface area contributed by atoms with Gasteiger partial charge in [0, 0.05) is 19.8 Å². The van der Waals surface area contributed by atoms with Crippen LogP contribution in [0.25, 0.3) is 0 Å². The normalized spacial score (nSPS) is 12.7. The fourth-order valence-corrected chi connectivity index (χ4v) is 3.20. The van der Waals surface area contributed by atoms with Crippen LogP contribution in [0.5, 0.6) is 0 Å². The molecule has 0 aliphatic heterocycles. The lowest BCUT2D eigenvalue weighted by Crippen LogP contribution is -2.40. The summed E-state index contributed by atoms with van der Waals surface area (Å²) in [5.74, 6) is 0.195. The van der Waals surface area contributed by atoms with E-state index in [0.717, 1.165) is 12.3 Å². The Bertz CT molecular complexity index is 595. The van der Waals surface area contributed by atoms with Gasteiger partial charge in [-0.25, -0.2) is 13.4 Å². The molecule has 0 saturated heterocycles. The van der Waals surface area contributed by atoms with Gasteiger partial charge < -0.3 is 10.4 Å². The van der Waals surface area contributed by atoms with Crippen molar-refractivity contribution >= 4 is 27.4 Å². The summed E-state index contributed by atoms with van der Waals surface area (Å²) in [6, 6.07) is 0.996. The lowest BCUT2D eigenvalue weighted by atomic mass is 10.4. The lowest BCUT2D eigenvalue weighted by Gasteiger charge is -2.22. The maximum Gasteiger partial charge on any atom is 0.402 e. The Kier molecular flexibility index (Phi) is 5.79. The monoisotopic (exact) mass is 347 g/mol. The van der Waals surface area contributed by atoms with Crippen molar-refractivity contribution in [3.05, 3.63) is 17.3 Å². The molecule has 0 unspecified atom stereocenters. The first-order valence-electron chi connectivity index (χ1n) is 5.63. The number of alkyl halides is 3. The van der Waals surface area contributed by atoms with E-state index >= 15 is 0 Å². The van der Waals surface area contributed by atoms with Crippen molar-refractivity contribution in [3.8, 4) is 0 Å². The minimum Gasteiger partial charge on any atom is -0.395 e. The zero-order valence-electron chi connectivity index (χ0n) is 10.9. The molecule has 0 radical (unpaired) electrons. The molecule has 120 valence electrons. The zero-order valence-corrected chi connectivity index (χ0v) is 12.4. The van der Waals surface area contributed by atoms with Crippen LogP contribution in [0.2, 0.25) is 5.02 Å². The highest BCUT2D eigenvalue weighted by molar-refractivity contribution is 7.89. The first-order chi connectivity index (χ1) is 9.61. The van der Waals surface area contributed by atoms with Gasteiger partial charge in [-0.2, -0.15) is 17.5 Å². The summed E-state index contributed by atoms with van der Waals surface area (Å²) in [7, 11) is -2.96. The molecular formula is C10H13ClF3N3O3S. The standard InChI is InChI=1S/C10H13ClF3N3O3S/c1-15-9-8(11)4-7(5-16-9)21(19,20)17(2-3-18)6-10(12,13)14/h4-5,18H,2-3,6H2,1H3,(H,15,16). The number of hydrogen-bond acceptors (Lipinski definition) is 5. The summed E-state index contributed by atoms with van der Waals surface area (Å²) < 4.78 is 61.7. The van der Waals surface area contributed by atoms with Gasteiger partial charge in [0.1, 0.15) is 17.3 Å². The summed E-state index contributed by atoms with van der Waals surface area (Å²) in [5, 5.41) is 11.3. The molecule has 1 aromatic rings. The number of sulfonamides is 1. The van der Waals surface area contributed by atoms with Crippen molar-refractivity contribution in [2.24, 2.45) is 0 Å². The number of aliphatic hydroxyl groups excluding tert-OH is 1. The highest BCUT2D eigenvalue weighted by atomic mass is 35.5. The second-order valence-electron chi connectivity index (χ2n) is 3.93. The number of pyridine rings is 1. The Morgan fingerprint density at radius 1 is 1.48 bits per heavy atom. The summed E-state index contributed by atoms with van der Waals surface area (Å²) in [6.07, 6.45) is -3.84. The molecule has 0 bridgehead atoms. The molecular weight excluding hydrogens is 335 g/mol. The summed E-state index contributed by atoms with van der Waals surface area (Å²) in [5.41, 5.74) is 0. The number of aromatic nitrogens is 1. The van der Waals surface area contributed by atoms with Crippen molar-refractivity contribution < 1.29 is 26.7 Å². The van der Waals surface area contributed by atoms with Crippen LogP contribution in [0.3, 0.4) is 0 Å². The maximum absolute atomic E-state index is 12.4. The molecule has 0 fully saturated rings. The van der Waals surface area contributed by atoms with Crippen LogP contribution in [0.1, 0.15) is 0 Å². The summed E-state index contributed by atoms with van der Waals surface area (Å²) in [6.45, 7) is -3.14. The van der Waals surface area contributed by atoms with Crippen molar-refractivity contribution in [3.63, 3.8) is 0 Å². The Morgan fingerprint density at radius 2 is 2.10 bits per heavy atom. The molecule has 0 amide bonds. The number of rotatable bonds is 6. The number of hydrogen-bond donors (Lipinski definition) is 2. The van der Waals surface area contributed by atoms with E-state index in [0.29, 0.717) is 0 Å². The molecule has 0 aliphatic carbocycles. The largest absolute Gasteiger partial charge is 0.402 e. The van der Waals surface area contributed by atoms with Gasteiger partial charge in [-0.3, -0.25) is 0 Å². The smallest absolute Gasteiger partial charge is 0.395 e. The van der Waals surface area contributed by atoms with Crippen LogP contribution in [0, 0.1) is 0 Å². The van der Waals surface area contributed by atoms with Crippen LogP contribution in [0.4, 0.5) is 19.0 Å². The van der Waals surface area contributed by atoms with Gasteiger partial charge in [-0.1, -0.05) is 11.6 Å². The molecule has 11 heteroatoms. The number of aliphatic hydroxyl groups is 1. The van der Waals surface area contributed by atoms with Crippen LogP contribution in [-0.2, 0) is 10.0 Å². The van der Waals surface area contributed by atoms with Gasteiger partial charge >= 0.3 is 6.18 Å². The third-order valence-corrected chi connectivity index (χ3v) is 4.49. The van der Waals surface area contributed by atoms with Crippen LogP contribution in [0.15, 0.2) is 17.2 Å².